The number of pyridine rings is 1. The number of methoxy groups -OCH3 is 2. The van der Waals surface area contributed by atoms with E-state index in [0.717, 1.165) is 10.9 Å². The van der Waals surface area contributed by atoms with Crippen LogP contribution in [-0.2, 0) is 4.74 Å². The molecular weight excluding hydrogens is 258 g/mol. The second kappa shape index (κ2) is 5.77. The van der Waals surface area contributed by atoms with Crippen molar-refractivity contribution in [2.24, 2.45) is 0 Å². The average molecular weight is 275 g/mol. The Labute approximate surface area is 117 Å². The first-order valence-electron chi connectivity index (χ1n) is 6.31. The van der Waals surface area contributed by atoms with Crippen LogP contribution in [0.4, 0.5) is 0 Å². The van der Waals surface area contributed by atoms with E-state index in [4.69, 9.17) is 14.2 Å². The molecule has 1 aromatic heterocycles. The first-order valence-corrected chi connectivity index (χ1v) is 6.31. The molecule has 5 heteroatoms. The number of rotatable bonds is 4. The number of ether oxygens (including phenoxy) is 3. The van der Waals surface area contributed by atoms with E-state index < -0.39 is 0 Å². The monoisotopic (exact) mass is 275 g/mol. The van der Waals surface area contributed by atoms with E-state index in [-0.39, 0.29) is 5.97 Å². The molecule has 106 valence electrons. The molecule has 0 unspecified atom stereocenters. The van der Waals surface area contributed by atoms with E-state index in [0.29, 0.717) is 29.4 Å². The molecule has 0 amide bonds. The highest BCUT2D eigenvalue weighted by Gasteiger charge is 2.14. The molecule has 2 aromatic rings. The zero-order chi connectivity index (χ0) is 14.7. The quantitative estimate of drug-likeness (QED) is 0.803. The minimum Gasteiger partial charge on any atom is -0.493 e. The van der Waals surface area contributed by atoms with Gasteiger partial charge in [0.15, 0.2) is 11.5 Å². The molecule has 0 fully saturated rings. The molecule has 0 N–H and O–H groups in total. The van der Waals surface area contributed by atoms with Gasteiger partial charge in [0.25, 0.3) is 0 Å². The lowest BCUT2D eigenvalue weighted by Gasteiger charge is -2.11. The maximum Gasteiger partial charge on any atom is 0.339 e. The van der Waals surface area contributed by atoms with Crippen molar-refractivity contribution in [3.05, 3.63) is 29.5 Å². The van der Waals surface area contributed by atoms with E-state index in [9.17, 15) is 4.79 Å². The molecule has 0 bridgehead atoms. The van der Waals surface area contributed by atoms with Gasteiger partial charge in [-0.3, -0.25) is 4.98 Å². The van der Waals surface area contributed by atoms with E-state index >= 15 is 0 Å². The van der Waals surface area contributed by atoms with Gasteiger partial charge in [0, 0.05) is 11.5 Å². The molecule has 0 aliphatic rings. The van der Waals surface area contributed by atoms with Crippen LogP contribution in [0.5, 0.6) is 11.5 Å². The molecule has 20 heavy (non-hydrogen) atoms. The molecule has 0 aliphatic carbocycles. The van der Waals surface area contributed by atoms with Crippen molar-refractivity contribution >= 4 is 16.9 Å². The highest BCUT2D eigenvalue weighted by molar-refractivity contribution is 5.95. The van der Waals surface area contributed by atoms with Gasteiger partial charge in [0.1, 0.15) is 0 Å². The van der Waals surface area contributed by atoms with E-state index in [1.807, 2.05) is 0 Å². The molecule has 0 saturated heterocycles. The predicted octanol–water partition coefficient (Wildman–Crippen LogP) is 2.74. The van der Waals surface area contributed by atoms with Crippen molar-refractivity contribution in [1.82, 2.24) is 4.98 Å². The van der Waals surface area contributed by atoms with Gasteiger partial charge in [0.2, 0.25) is 0 Å². The van der Waals surface area contributed by atoms with Gasteiger partial charge in [-0.15, -0.1) is 0 Å². The lowest BCUT2D eigenvalue weighted by Crippen LogP contribution is -2.08. The Balaban J connectivity index is 2.60. The number of nitrogens with zero attached hydrogens (tertiary/aromatic N) is 1. The Morgan fingerprint density at radius 3 is 2.40 bits per heavy atom. The van der Waals surface area contributed by atoms with Crippen molar-refractivity contribution < 1.29 is 19.0 Å². The third-order valence-electron chi connectivity index (χ3n) is 3.01. The standard InChI is InChI=1S/C15H17NO4/c1-5-20-15(17)11-6-10-7-13(18-3)14(19-4)8-12(10)16-9(11)2/h6-8H,5H2,1-4H3. The minimum atomic E-state index is -0.366. The van der Waals surface area contributed by atoms with Crippen LogP contribution >= 0.6 is 0 Å². The predicted molar refractivity (Wildman–Crippen MR) is 75.5 cm³/mol. The molecule has 2 rings (SSSR count). The van der Waals surface area contributed by atoms with Gasteiger partial charge < -0.3 is 14.2 Å². The number of hydrogen-bond donors (Lipinski definition) is 0. The first kappa shape index (κ1) is 14.1. The number of aromatic nitrogens is 1. The third kappa shape index (κ3) is 2.52. The fraction of sp³-hybridized carbons (Fsp3) is 0.333. The summed E-state index contributed by atoms with van der Waals surface area (Å²) < 4.78 is 15.5. The summed E-state index contributed by atoms with van der Waals surface area (Å²) in [6, 6.07) is 5.34. The van der Waals surface area contributed by atoms with E-state index in [1.165, 1.54) is 0 Å². The molecule has 1 aromatic carbocycles. The average Bonchev–Trinajstić information content (AvgIpc) is 2.45. The highest BCUT2D eigenvalue weighted by Crippen LogP contribution is 2.32. The summed E-state index contributed by atoms with van der Waals surface area (Å²) in [5, 5.41) is 0.802. The topological polar surface area (TPSA) is 57.7 Å². The van der Waals surface area contributed by atoms with Crippen LogP contribution in [0.15, 0.2) is 18.2 Å². The largest absolute Gasteiger partial charge is 0.493 e. The number of esters is 1. The zero-order valence-electron chi connectivity index (χ0n) is 12.0. The maximum absolute atomic E-state index is 11.9. The fourth-order valence-corrected chi connectivity index (χ4v) is 2.01. The number of hydrogen-bond acceptors (Lipinski definition) is 5. The normalized spacial score (nSPS) is 10.4. The summed E-state index contributed by atoms with van der Waals surface area (Å²) in [6.45, 7) is 3.89. The summed E-state index contributed by atoms with van der Waals surface area (Å²) >= 11 is 0. The highest BCUT2D eigenvalue weighted by atomic mass is 16.5. The van der Waals surface area contributed by atoms with Crippen LogP contribution in [0.25, 0.3) is 10.9 Å². The van der Waals surface area contributed by atoms with Crippen LogP contribution < -0.4 is 9.47 Å². The number of fused-ring (bicyclic) bond motifs is 1. The Hall–Kier alpha value is -2.30. The first-order chi connectivity index (χ1) is 9.60. The number of aryl methyl sites for hydroxylation is 1. The molecule has 0 aliphatic heterocycles. The van der Waals surface area contributed by atoms with Crippen LogP contribution in [0.3, 0.4) is 0 Å². The van der Waals surface area contributed by atoms with E-state index in [2.05, 4.69) is 4.98 Å². The fourth-order valence-electron chi connectivity index (χ4n) is 2.01. The van der Waals surface area contributed by atoms with E-state index in [1.54, 1.807) is 46.3 Å². The second-order valence-corrected chi connectivity index (χ2v) is 4.24. The summed E-state index contributed by atoms with van der Waals surface area (Å²) in [4.78, 5) is 16.3. The summed E-state index contributed by atoms with van der Waals surface area (Å²) in [5.41, 5.74) is 1.84. The smallest absolute Gasteiger partial charge is 0.339 e. The van der Waals surface area contributed by atoms with Crippen molar-refractivity contribution in [1.29, 1.82) is 0 Å². The SMILES string of the molecule is CCOC(=O)c1cc2cc(OC)c(OC)cc2nc1C. The van der Waals surface area contributed by atoms with Gasteiger partial charge in [-0.05, 0) is 26.0 Å². The Bertz CT molecular complexity index is 652. The maximum atomic E-state index is 11.9. The van der Waals surface area contributed by atoms with Crippen molar-refractivity contribution in [3.8, 4) is 11.5 Å². The van der Waals surface area contributed by atoms with Crippen LogP contribution in [-0.4, -0.2) is 31.8 Å². The number of carbonyl (C=O) groups excluding carboxylic acids is 1. The van der Waals surface area contributed by atoms with Crippen molar-refractivity contribution in [2.45, 2.75) is 13.8 Å². The summed E-state index contributed by atoms with van der Waals surface area (Å²) in [7, 11) is 3.14. The molecule has 0 spiro atoms. The second-order valence-electron chi connectivity index (χ2n) is 4.24. The van der Waals surface area contributed by atoms with Gasteiger partial charge in [-0.1, -0.05) is 0 Å². The minimum absolute atomic E-state index is 0.336. The molecular formula is C15H17NO4. The summed E-state index contributed by atoms with van der Waals surface area (Å²) in [5.74, 6) is 0.838. The molecule has 0 radical (unpaired) electrons. The third-order valence-corrected chi connectivity index (χ3v) is 3.01. The Morgan fingerprint density at radius 1 is 1.15 bits per heavy atom. The summed E-state index contributed by atoms with van der Waals surface area (Å²) in [6.07, 6.45) is 0. The molecule has 0 atom stereocenters. The lowest BCUT2D eigenvalue weighted by molar-refractivity contribution is 0.0525. The number of carbonyl (C=O) groups is 1. The van der Waals surface area contributed by atoms with Gasteiger partial charge in [0.05, 0.1) is 37.6 Å². The zero-order valence-corrected chi connectivity index (χ0v) is 12.0. The lowest BCUT2D eigenvalue weighted by atomic mass is 10.1. The van der Waals surface area contributed by atoms with Gasteiger partial charge in [-0.2, -0.15) is 0 Å². The van der Waals surface area contributed by atoms with Gasteiger partial charge in [-0.25, -0.2) is 4.79 Å². The Morgan fingerprint density at radius 2 is 1.80 bits per heavy atom. The number of benzene rings is 1. The van der Waals surface area contributed by atoms with Gasteiger partial charge >= 0.3 is 5.97 Å². The Kier molecular flexibility index (Phi) is 4.08. The van der Waals surface area contributed by atoms with Crippen molar-refractivity contribution in [3.63, 3.8) is 0 Å². The van der Waals surface area contributed by atoms with Crippen LogP contribution in [0.1, 0.15) is 23.0 Å². The molecule has 1 heterocycles. The van der Waals surface area contributed by atoms with Crippen molar-refractivity contribution in [2.75, 3.05) is 20.8 Å². The van der Waals surface area contributed by atoms with Crippen LogP contribution in [0, 0.1) is 6.92 Å². The molecule has 0 saturated carbocycles. The van der Waals surface area contributed by atoms with Crippen LogP contribution in [0.2, 0.25) is 0 Å². The molecule has 5 nitrogen and oxygen atoms in total.